The number of halogens is 1. The van der Waals surface area contributed by atoms with Crippen LogP contribution in [-0.2, 0) is 0 Å². The Hall–Kier alpha value is -1.29. The summed E-state index contributed by atoms with van der Waals surface area (Å²) in [6.45, 7) is 3.11. The molecule has 3 heterocycles. The summed E-state index contributed by atoms with van der Waals surface area (Å²) in [6, 6.07) is 2.69. The number of rotatable bonds is 4. The number of fused-ring (bicyclic) bond motifs is 1. The molecular weight excluding hydrogens is 260 g/mol. The largest absolute Gasteiger partial charge is 0.352 e. The minimum Gasteiger partial charge on any atom is -0.352 e. The zero-order valence-electron chi connectivity index (χ0n) is 11.2. The van der Waals surface area contributed by atoms with Crippen molar-refractivity contribution in [1.82, 2.24) is 14.6 Å². The van der Waals surface area contributed by atoms with Crippen molar-refractivity contribution in [2.75, 3.05) is 17.3 Å². The minimum atomic E-state index is 0.577. The third kappa shape index (κ3) is 2.41. The van der Waals surface area contributed by atoms with E-state index in [4.69, 9.17) is 11.6 Å². The SMILES string of the molecule is Cc1cc2c(N3CCCC3CCCCl)nccn2n1. The molecule has 0 aromatic carbocycles. The second kappa shape index (κ2) is 5.37. The highest BCUT2D eigenvalue weighted by Gasteiger charge is 2.26. The molecule has 0 aliphatic carbocycles. The van der Waals surface area contributed by atoms with Crippen molar-refractivity contribution in [2.24, 2.45) is 0 Å². The summed E-state index contributed by atoms with van der Waals surface area (Å²) in [5.41, 5.74) is 2.14. The predicted molar refractivity (Wildman–Crippen MR) is 78.0 cm³/mol. The topological polar surface area (TPSA) is 33.4 Å². The van der Waals surface area contributed by atoms with E-state index in [0.29, 0.717) is 6.04 Å². The molecule has 0 N–H and O–H groups in total. The fraction of sp³-hybridized carbons (Fsp3) is 0.571. The number of anilines is 1. The maximum atomic E-state index is 5.82. The lowest BCUT2D eigenvalue weighted by Crippen LogP contribution is -2.30. The van der Waals surface area contributed by atoms with E-state index in [9.17, 15) is 0 Å². The third-order valence-electron chi connectivity index (χ3n) is 3.81. The molecule has 1 aliphatic heterocycles. The number of hydrogen-bond donors (Lipinski definition) is 0. The first-order chi connectivity index (χ1) is 9.29. The Morgan fingerprint density at radius 2 is 2.37 bits per heavy atom. The van der Waals surface area contributed by atoms with Crippen LogP contribution >= 0.6 is 11.6 Å². The monoisotopic (exact) mass is 278 g/mol. The molecule has 102 valence electrons. The Labute approximate surface area is 118 Å². The van der Waals surface area contributed by atoms with Gasteiger partial charge in [0, 0.05) is 30.9 Å². The highest BCUT2D eigenvalue weighted by atomic mass is 35.5. The average Bonchev–Trinajstić information content (AvgIpc) is 3.00. The van der Waals surface area contributed by atoms with E-state index in [1.54, 1.807) is 0 Å². The lowest BCUT2D eigenvalue weighted by Gasteiger charge is -2.26. The van der Waals surface area contributed by atoms with E-state index in [-0.39, 0.29) is 0 Å². The number of aryl methyl sites for hydroxylation is 1. The van der Waals surface area contributed by atoms with Gasteiger partial charge < -0.3 is 4.90 Å². The molecular formula is C14H19ClN4. The Kier molecular flexibility index (Phi) is 3.60. The number of nitrogens with zero attached hydrogens (tertiary/aromatic N) is 4. The van der Waals surface area contributed by atoms with Crippen LogP contribution in [0.1, 0.15) is 31.4 Å². The van der Waals surface area contributed by atoms with Gasteiger partial charge in [-0.1, -0.05) is 0 Å². The van der Waals surface area contributed by atoms with Gasteiger partial charge in [-0.05, 0) is 38.7 Å². The van der Waals surface area contributed by atoms with Gasteiger partial charge in [0.25, 0.3) is 0 Å². The molecule has 2 aromatic rings. The molecule has 5 heteroatoms. The van der Waals surface area contributed by atoms with E-state index in [0.717, 1.165) is 42.3 Å². The zero-order valence-corrected chi connectivity index (χ0v) is 12.0. The van der Waals surface area contributed by atoms with Gasteiger partial charge in [-0.3, -0.25) is 0 Å². The van der Waals surface area contributed by atoms with Crippen LogP contribution in [0.25, 0.3) is 5.52 Å². The predicted octanol–water partition coefficient (Wildman–Crippen LogP) is 3.03. The molecule has 1 aliphatic rings. The molecule has 1 saturated heterocycles. The van der Waals surface area contributed by atoms with Crippen molar-refractivity contribution >= 4 is 22.9 Å². The molecule has 2 aromatic heterocycles. The van der Waals surface area contributed by atoms with Crippen molar-refractivity contribution in [3.05, 3.63) is 24.2 Å². The van der Waals surface area contributed by atoms with Crippen molar-refractivity contribution < 1.29 is 0 Å². The number of alkyl halides is 1. The van der Waals surface area contributed by atoms with Gasteiger partial charge in [-0.25, -0.2) is 9.50 Å². The Bertz CT molecular complexity index is 566. The minimum absolute atomic E-state index is 0.577. The standard InChI is InChI=1S/C14H19ClN4/c1-11-10-13-14(16-7-9-19(13)17-11)18-8-3-5-12(18)4-2-6-15/h7,9-10,12H,2-6,8H2,1H3. The quantitative estimate of drug-likeness (QED) is 0.806. The fourth-order valence-electron chi connectivity index (χ4n) is 2.98. The molecule has 19 heavy (non-hydrogen) atoms. The normalized spacial score (nSPS) is 19.5. The highest BCUT2D eigenvalue weighted by molar-refractivity contribution is 6.17. The lowest BCUT2D eigenvalue weighted by molar-refractivity contribution is 0.598. The first-order valence-corrected chi connectivity index (χ1v) is 7.46. The highest BCUT2D eigenvalue weighted by Crippen LogP contribution is 2.29. The fourth-order valence-corrected chi connectivity index (χ4v) is 3.13. The van der Waals surface area contributed by atoms with Crippen LogP contribution in [0.2, 0.25) is 0 Å². The maximum absolute atomic E-state index is 5.82. The lowest BCUT2D eigenvalue weighted by atomic mass is 10.1. The summed E-state index contributed by atoms with van der Waals surface area (Å²) in [5, 5.41) is 4.46. The van der Waals surface area contributed by atoms with E-state index >= 15 is 0 Å². The van der Waals surface area contributed by atoms with Crippen molar-refractivity contribution in [1.29, 1.82) is 0 Å². The van der Waals surface area contributed by atoms with Crippen molar-refractivity contribution in [3.8, 4) is 0 Å². The summed E-state index contributed by atoms with van der Waals surface area (Å²) in [4.78, 5) is 7.03. The van der Waals surface area contributed by atoms with Crippen LogP contribution < -0.4 is 4.90 Å². The van der Waals surface area contributed by atoms with E-state index < -0.39 is 0 Å². The van der Waals surface area contributed by atoms with Crippen LogP contribution in [0, 0.1) is 6.92 Å². The molecule has 0 bridgehead atoms. The van der Waals surface area contributed by atoms with Gasteiger partial charge in [-0.15, -0.1) is 11.6 Å². The first-order valence-electron chi connectivity index (χ1n) is 6.93. The summed E-state index contributed by atoms with van der Waals surface area (Å²) >= 11 is 5.82. The average molecular weight is 279 g/mol. The number of hydrogen-bond acceptors (Lipinski definition) is 3. The van der Waals surface area contributed by atoms with Gasteiger partial charge >= 0.3 is 0 Å². The Balaban J connectivity index is 1.94. The van der Waals surface area contributed by atoms with Crippen LogP contribution in [0.15, 0.2) is 18.5 Å². The second-order valence-corrected chi connectivity index (χ2v) is 5.56. The van der Waals surface area contributed by atoms with E-state index in [1.807, 2.05) is 23.8 Å². The van der Waals surface area contributed by atoms with Gasteiger partial charge in [0.1, 0.15) is 5.52 Å². The Morgan fingerprint density at radius 3 is 3.21 bits per heavy atom. The van der Waals surface area contributed by atoms with Crippen LogP contribution in [0.5, 0.6) is 0 Å². The summed E-state index contributed by atoms with van der Waals surface area (Å²) in [5.74, 6) is 1.81. The molecule has 4 nitrogen and oxygen atoms in total. The first kappa shape index (κ1) is 12.7. The van der Waals surface area contributed by atoms with Crippen molar-refractivity contribution in [3.63, 3.8) is 0 Å². The van der Waals surface area contributed by atoms with E-state index in [2.05, 4.69) is 21.0 Å². The van der Waals surface area contributed by atoms with Crippen molar-refractivity contribution in [2.45, 2.75) is 38.6 Å². The smallest absolute Gasteiger partial charge is 0.154 e. The van der Waals surface area contributed by atoms with Gasteiger partial charge in [-0.2, -0.15) is 5.10 Å². The molecule has 0 saturated carbocycles. The van der Waals surface area contributed by atoms with Gasteiger partial charge in [0.15, 0.2) is 5.82 Å². The molecule has 1 atom stereocenters. The molecule has 0 spiro atoms. The van der Waals surface area contributed by atoms with Gasteiger partial charge in [0.2, 0.25) is 0 Å². The van der Waals surface area contributed by atoms with Crippen LogP contribution in [0.4, 0.5) is 5.82 Å². The molecule has 3 rings (SSSR count). The summed E-state index contributed by atoms with van der Waals surface area (Å²) in [7, 11) is 0. The zero-order chi connectivity index (χ0) is 13.2. The third-order valence-corrected chi connectivity index (χ3v) is 4.08. The van der Waals surface area contributed by atoms with E-state index in [1.165, 1.54) is 12.8 Å². The Morgan fingerprint density at radius 1 is 1.47 bits per heavy atom. The van der Waals surface area contributed by atoms with Gasteiger partial charge in [0.05, 0.1) is 5.69 Å². The van der Waals surface area contributed by atoms with Crippen LogP contribution in [0.3, 0.4) is 0 Å². The molecule has 1 unspecified atom stereocenters. The molecule has 1 fully saturated rings. The maximum Gasteiger partial charge on any atom is 0.154 e. The molecule has 0 radical (unpaired) electrons. The second-order valence-electron chi connectivity index (χ2n) is 5.19. The number of aromatic nitrogens is 3. The summed E-state index contributed by atoms with van der Waals surface area (Å²) in [6.07, 6.45) is 8.46. The summed E-state index contributed by atoms with van der Waals surface area (Å²) < 4.78 is 1.93. The molecule has 0 amide bonds. The van der Waals surface area contributed by atoms with Crippen LogP contribution in [-0.4, -0.2) is 33.1 Å².